The van der Waals surface area contributed by atoms with E-state index in [0.717, 1.165) is 19.5 Å². The summed E-state index contributed by atoms with van der Waals surface area (Å²) in [5, 5.41) is 22.1. The Hall–Kier alpha value is -1.47. The van der Waals surface area contributed by atoms with Crippen molar-refractivity contribution in [1.82, 2.24) is 10.2 Å². The molecule has 0 aliphatic carbocycles. The number of rotatable bonds is 5. The van der Waals surface area contributed by atoms with Crippen LogP contribution in [-0.2, 0) is 9.53 Å². The molecule has 6 nitrogen and oxygen atoms in total. The van der Waals surface area contributed by atoms with Crippen molar-refractivity contribution < 1.29 is 19.7 Å². The minimum absolute atomic E-state index is 0.0299. The van der Waals surface area contributed by atoms with Gasteiger partial charge in [0.2, 0.25) is 0 Å². The largest absolute Gasteiger partial charge is 0.396 e. The molecule has 126 valence electrons. The van der Waals surface area contributed by atoms with Gasteiger partial charge in [0.15, 0.2) is 6.10 Å². The molecule has 0 saturated carbocycles. The van der Waals surface area contributed by atoms with Crippen LogP contribution in [0.15, 0.2) is 30.3 Å². The minimum Gasteiger partial charge on any atom is -0.396 e. The van der Waals surface area contributed by atoms with Crippen molar-refractivity contribution >= 4 is 5.91 Å². The number of amides is 1. The summed E-state index contributed by atoms with van der Waals surface area (Å²) >= 11 is 0. The fraction of sp³-hybridized carbons (Fsp3) is 0.588. The molecule has 4 atom stereocenters. The minimum atomic E-state index is -1.13. The first-order valence-electron chi connectivity index (χ1n) is 8.17. The number of hydrogen-bond acceptors (Lipinski definition) is 5. The lowest BCUT2D eigenvalue weighted by atomic mass is 10.1. The molecule has 1 aromatic carbocycles. The summed E-state index contributed by atoms with van der Waals surface area (Å²) in [5.41, 5.74) is 0.604. The zero-order valence-electron chi connectivity index (χ0n) is 13.1. The van der Waals surface area contributed by atoms with Gasteiger partial charge >= 0.3 is 0 Å². The van der Waals surface area contributed by atoms with Crippen molar-refractivity contribution in [2.45, 2.75) is 37.1 Å². The van der Waals surface area contributed by atoms with Crippen LogP contribution in [0.5, 0.6) is 0 Å². The fourth-order valence-corrected chi connectivity index (χ4v) is 3.43. The van der Waals surface area contributed by atoms with Gasteiger partial charge in [0.1, 0.15) is 0 Å². The van der Waals surface area contributed by atoms with Gasteiger partial charge in [-0.3, -0.25) is 9.69 Å². The number of hydrogen-bond donors (Lipinski definition) is 3. The van der Waals surface area contributed by atoms with Gasteiger partial charge in [0.25, 0.3) is 5.91 Å². The highest BCUT2D eigenvalue weighted by atomic mass is 16.5. The Kier molecular flexibility index (Phi) is 5.27. The van der Waals surface area contributed by atoms with Crippen molar-refractivity contribution in [1.29, 1.82) is 0 Å². The van der Waals surface area contributed by atoms with Crippen LogP contribution >= 0.6 is 0 Å². The average molecular weight is 320 g/mol. The van der Waals surface area contributed by atoms with Crippen molar-refractivity contribution in [2.24, 2.45) is 0 Å². The summed E-state index contributed by atoms with van der Waals surface area (Å²) < 4.78 is 5.74. The molecule has 1 aromatic rings. The third kappa shape index (κ3) is 3.90. The van der Waals surface area contributed by atoms with Crippen molar-refractivity contribution in [3.63, 3.8) is 0 Å². The van der Waals surface area contributed by atoms with Gasteiger partial charge in [-0.1, -0.05) is 30.3 Å². The van der Waals surface area contributed by atoms with Crippen molar-refractivity contribution in [3.05, 3.63) is 35.9 Å². The third-order valence-corrected chi connectivity index (χ3v) is 4.65. The third-order valence-electron chi connectivity index (χ3n) is 4.65. The van der Waals surface area contributed by atoms with E-state index in [1.54, 1.807) is 24.3 Å². The lowest BCUT2D eigenvalue weighted by molar-refractivity contribution is -0.130. The molecule has 2 heterocycles. The van der Waals surface area contributed by atoms with E-state index in [9.17, 15) is 9.90 Å². The monoisotopic (exact) mass is 320 g/mol. The second-order valence-corrected chi connectivity index (χ2v) is 6.33. The number of aliphatic hydroxyl groups excluding tert-OH is 2. The van der Waals surface area contributed by atoms with Crippen LogP contribution in [0.2, 0.25) is 0 Å². The van der Waals surface area contributed by atoms with E-state index in [1.807, 2.05) is 6.07 Å². The molecule has 0 bridgehead atoms. The summed E-state index contributed by atoms with van der Waals surface area (Å²) in [6.07, 6.45) is 0.416. The zero-order chi connectivity index (χ0) is 16.2. The quantitative estimate of drug-likeness (QED) is 0.715. The number of nitrogens with zero attached hydrogens (tertiary/aromatic N) is 1. The van der Waals surface area contributed by atoms with Gasteiger partial charge in [-0.15, -0.1) is 0 Å². The van der Waals surface area contributed by atoms with E-state index in [-0.39, 0.29) is 24.7 Å². The molecule has 1 amide bonds. The van der Waals surface area contributed by atoms with Gasteiger partial charge < -0.3 is 20.3 Å². The maximum atomic E-state index is 12.2. The number of aliphatic hydroxyl groups is 2. The number of nitrogens with one attached hydrogen (secondary N) is 1. The Bertz CT molecular complexity index is 525. The van der Waals surface area contributed by atoms with E-state index in [0.29, 0.717) is 24.6 Å². The summed E-state index contributed by atoms with van der Waals surface area (Å²) in [4.78, 5) is 14.5. The van der Waals surface area contributed by atoms with Gasteiger partial charge in [0, 0.05) is 31.8 Å². The molecule has 0 unspecified atom stereocenters. The fourth-order valence-electron chi connectivity index (χ4n) is 3.43. The number of fused-ring (bicyclic) bond motifs is 1. The first-order valence-corrected chi connectivity index (χ1v) is 8.17. The van der Waals surface area contributed by atoms with Crippen molar-refractivity contribution in [3.8, 4) is 0 Å². The van der Waals surface area contributed by atoms with E-state index in [2.05, 4.69) is 10.2 Å². The van der Waals surface area contributed by atoms with Gasteiger partial charge in [-0.2, -0.15) is 0 Å². The summed E-state index contributed by atoms with van der Waals surface area (Å²) in [5.74, 6) is -0.353. The molecule has 0 aromatic heterocycles. The summed E-state index contributed by atoms with van der Waals surface area (Å²) in [6.45, 7) is 2.33. The normalized spacial score (nSPS) is 29.0. The second kappa shape index (κ2) is 7.40. The number of carbonyl (C=O) groups is 1. The van der Waals surface area contributed by atoms with Gasteiger partial charge in [0.05, 0.1) is 12.7 Å². The Morgan fingerprint density at radius 3 is 2.87 bits per heavy atom. The molecule has 3 N–H and O–H groups in total. The SMILES string of the molecule is O=C(N[C@@H]1C[C@H]2CO[C@@H](CCO)CN2C1)[C@H](O)c1ccccc1. The van der Waals surface area contributed by atoms with E-state index < -0.39 is 6.10 Å². The van der Waals surface area contributed by atoms with Crippen molar-refractivity contribution in [2.75, 3.05) is 26.3 Å². The first-order chi connectivity index (χ1) is 11.2. The molecule has 23 heavy (non-hydrogen) atoms. The van der Waals surface area contributed by atoms with Crippen LogP contribution in [0.1, 0.15) is 24.5 Å². The lowest BCUT2D eigenvalue weighted by Crippen LogP contribution is -2.46. The molecular weight excluding hydrogens is 296 g/mol. The Morgan fingerprint density at radius 2 is 2.13 bits per heavy atom. The molecule has 3 rings (SSSR count). The van der Waals surface area contributed by atoms with Crippen LogP contribution < -0.4 is 5.32 Å². The lowest BCUT2D eigenvalue weighted by Gasteiger charge is -2.34. The number of benzene rings is 1. The summed E-state index contributed by atoms with van der Waals surface area (Å²) in [6, 6.07) is 9.30. The predicted molar refractivity (Wildman–Crippen MR) is 84.8 cm³/mol. The van der Waals surface area contributed by atoms with Gasteiger partial charge in [-0.05, 0) is 18.4 Å². The molecule has 2 aliphatic heterocycles. The molecule has 2 saturated heterocycles. The number of morpholine rings is 1. The van der Waals surface area contributed by atoms with E-state index in [1.165, 1.54) is 0 Å². The number of ether oxygens (including phenoxy) is 1. The first kappa shape index (κ1) is 16.4. The Balaban J connectivity index is 1.53. The highest BCUT2D eigenvalue weighted by Gasteiger charge is 2.38. The van der Waals surface area contributed by atoms with Crippen LogP contribution in [0, 0.1) is 0 Å². The standard InChI is InChI=1S/C17H24N2O4/c20-7-6-15-10-19-9-13(8-14(19)11-23-15)18-17(22)16(21)12-4-2-1-3-5-12/h1-5,13-16,20-21H,6-11H2,(H,18,22)/t13-,14+,15+,16-/m1/s1. The molecule has 6 heteroatoms. The van der Waals surface area contributed by atoms with E-state index in [4.69, 9.17) is 9.84 Å². The average Bonchev–Trinajstić information content (AvgIpc) is 2.96. The molecule has 0 radical (unpaired) electrons. The van der Waals surface area contributed by atoms with Crippen LogP contribution in [0.25, 0.3) is 0 Å². The Labute approximate surface area is 136 Å². The van der Waals surface area contributed by atoms with E-state index >= 15 is 0 Å². The predicted octanol–water partition coefficient (Wildman–Crippen LogP) is 0.0603. The topological polar surface area (TPSA) is 82.0 Å². The molecule has 2 fully saturated rings. The van der Waals surface area contributed by atoms with Crippen LogP contribution in [0.4, 0.5) is 0 Å². The zero-order valence-corrected chi connectivity index (χ0v) is 13.1. The maximum absolute atomic E-state index is 12.2. The van der Waals surface area contributed by atoms with Crippen LogP contribution in [0.3, 0.4) is 0 Å². The summed E-state index contributed by atoms with van der Waals surface area (Å²) in [7, 11) is 0. The smallest absolute Gasteiger partial charge is 0.253 e. The molecule has 2 aliphatic rings. The second-order valence-electron chi connectivity index (χ2n) is 6.33. The highest BCUT2D eigenvalue weighted by molar-refractivity contribution is 5.82. The van der Waals surface area contributed by atoms with Gasteiger partial charge in [-0.25, -0.2) is 0 Å². The molecule has 0 spiro atoms. The van der Waals surface area contributed by atoms with Crippen LogP contribution in [-0.4, -0.2) is 65.5 Å². The Morgan fingerprint density at radius 1 is 1.35 bits per heavy atom. The highest BCUT2D eigenvalue weighted by Crippen LogP contribution is 2.24. The number of carbonyl (C=O) groups excluding carboxylic acids is 1. The maximum Gasteiger partial charge on any atom is 0.253 e. The molecular formula is C17H24N2O4.